The Hall–Kier alpha value is -0.230. The van der Waals surface area contributed by atoms with E-state index in [2.05, 4.69) is 26.0 Å². The van der Waals surface area contributed by atoms with Crippen LogP contribution in [-0.2, 0) is 16.6 Å². The molecule has 1 aromatic heterocycles. The van der Waals surface area contributed by atoms with Crippen LogP contribution >= 0.6 is 27.7 Å². The Bertz CT molecular complexity index is 545. The molecule has 20 heavy (non-hydrogen) atoms. The van der Waals surface area contributed by atoms with Crippen molar-refractivity contribution >= 4 is 37.7 Å². The highest BCUT2D eigenvalue weighted by Gasteiger charge is 2.28. The van der Waals surface area contributed by atoms with Gasteiger partial charge in [-0.1, -0.05) is 0 Å². The van der Waals surface area contributed by atoms with E-state index in [0.29, 0.717) is 12.3 Å². The van der Waals surface area contributed by atoms with E-state index in [1.807, 2.05) is 0 Å². The van der Waals surface area contributed by atoms with Crippen LogP contribution in [0.3, 0.4) is 0 Å². The van der Waals surface area contributed by atoms with Gasteiger partial charge < -0.3 is 9.73 Å². The topological polar surface area (TPSA) is 71.3 Å². The van der Waals surface area contributed by atoms with Gasteiger partial charge in [-0.25, -0.2) is 13.1 Å². The van der Waals surface area contributed by atoms with Gasteiger partial charge >= 0.3 is 5.51 Å². The molecule has 0 saturated carbocycles. The SMILES string of the molecule is CNCc1cc(S(=O)(=O)NCCSC(F)(F)F)c(Br)o1. The maximum atomic E-state index is 11.9. The van der Waals surface area contributed by atoms with Crippen molar-refractivity contribution in [3.05, 3.63) is 16.5 Å². The van der Waals surface area contributed by atoms with Crippen LogP contribution in [0.1, 0.15) is 5.76 Å². The number of nitrogens with one attached hydrogen (secondary N) is 2. The number of rotatable bonds is 7. The molecule has 11 heteroatoms. The third-order valence-corrected chi connectivity index (χ3v) is 5.06. The lowest BCUT2D eigenvalue weighted by Crippen LogP contribution is -2.26. The highest BCUT2D eigenvalue weighted by Crippen LogP contribution is 2.30. The van der Waals surface area contributed by atoms with Crippen LogP contribution in [0.4, 0.5) is 13.2 Å². The summed E-state index contributed by atoms with van der Waals surface area (Å²) in [6, 6.07) is 1.31. The molecule has 0 radical (unpaired) electrons. The molecule has 1 aromatic rings. The summed E-state index contributed by atoms with van der Waals surface area (Å²) < 4.78 is 66.7. The molecule has 1 heterocycles. The zero-order valence-corrected chi connectivity index (χ0v) is 13.5. The van der Waals surface area contributed by atoms with Crippen molar-refractivity contribution in [2.75, 3.05) is 19.3 Å². The summed E-state index contributed by atoms with van der Waals surface area (Å²) >= 11 is 2.68. The van der Waals surface area contributed by atoms with E-state index in [4.69, 9.17) is 4.42 Å². The van der Waals surface area contributed by atoms with E-state index in [-0.39, 0.29) is 27.9 Å². The number of sulfonamides is 1. The first kappa shape index (κ1) is 17.8. The van der Waals surface area contributed by atoms with E-state index in [9.17, 15) is 21.6 Å². The largest absolute Gasteiger partial charge is 0.452 e. The first-order chi connectivity index (χ1) is 9.15. The fourth-order valence-electron chi connectivity index (χ4n) is 1.26. The molecule has 0 unspecified atom stereocenters. The molecular formula is C9H12BrF3N2O3S2. The second-order valence-electron chi connectivity index (χ2n) is 3.57. The molecule has 0 aliphatic rings. The van der Waals surface area contributed by atoms with Gasteiger partial charge in [-0.15, -0.1) is 0 Å². The number of furan rings is 1. The van der Waals surface area contributed by atoms with E-state index in [0.717, 1.165) is 0 Å². The third kappa shape index (κ3) is 5.64. The highest BCUT2D eigenvalue weighted by molar-refractivity contribution is 9.10. The molecule has 0 atom stereocenters. The lowest BCUT2D eigenvalue weighted by atomic mass is 10.4. The molecule has 0 aromatic carbocycles. The minimum Gasteiger partial charge on any atom is -0.452 e. The summed E-state index contributed by atoms with van der Waals surface area (Å²) in [5, 5.41) is 2.79. The molecule has 0 aliphatic carbocycles. The van der Waals surface area contributed by atoms with Crippen molar-refractivity contribution in [2.45, 2.75) is 16.9 Å². The minimum atomic E-state index is -4.37. The van der Waals surface area contributed by atoms with Gasteiger partial charge in [-0.05, 0) is 34.7 Å². The predicted octanol–water partition coefficient (Wildman–Crippen LogP) is 2.29. The van der Waals surface area contributed by atoms with Crippen molar-refractivity contribution in [2.24, 2.45) is 0 Å². The fourth-order valence-corrected chi connectivity index (χ4v) is 3.86. The van der Waals surface area contributed by atoms with Gasteiger partial charge in [-0.2, -0.15) is 13.2 Å². The Labute approximate surface area is 126 Å². The van der Waals surface area contributed by atoms with Crippen LogP contribution in [-0.4, -0.2) is 33.3 Å². The molecule has 0 spiro atoms. The first-order valence-electron chi connectivity index (χ1n) is 5.29. The summed E-state index contributed by atoms with van der Waals surface area (Å²) in [7, 11) is -2.24. The summed E-state index contributed by atoms with van der Waals surface area (Å²) in [6.45, 7) is 0.00351. The lowest BCUT2D eigenvalue weighted by Gasteiger charge is -2.06. The minimum absolute atomic E-state index is 0.0127. The van der Waals surface area contributed by atoms with Crippen molar-refractivity contribution in [1.82, 2.24) is 10.0 Å². The van der Waals surface area contributed by atoms with E-state index in [1.54, 1.807) is 7.05 Å². The fraction of sp³-hybridized carbons (Fsp3) is 0.556. The van der Waals surface area contributed by atoms with Gasteiger partial charge in [-0.3, -0.25) is 0 Å². The van der Waals surface area contributed by atoms with Crippen LogP contribution in [0, 0.1) is 0 Å². The predicted molar refractivity (Wildman–Crippen MR) is 72.9 cm³/mol. The van der Waals surface area contributed by atoms with Gasteiger partial charge in [0.15, 0.2) is 4.67 Å². The summed E-state index contributed by atoms with van der Waals surface area (Å²) in [6.07, 6.45) is 0. The smallest absolute Gasteiger partial charge is 0.441 e. The number of hydrogen-bond donors (Lipinski definition) is 2. The van der Waals surface area contributed by atoms with Gasteiger partial charge in [0, 0.05) is 18.4 Å². The lowest BCUT2D eigenvalue weighted by molar-refractivity contribution is -0.0327. The van der Waals surface area contributed by atoms with Gasteiger partial charge in [0.25, 0.3) is 0 Å². The monoisotopic (exact) mass is 396 g/mol. The zero-order valence-electron chi connectivity index (χ0n) is 10.3. The quantitative estimate of drug-likeness (QED) is 0.691. The third-order valence-electron chi connectivity index (χ3n) is 2.01. The van der Waals surface area contributed by atoms with Crippen molar-refractivity contribution in [3.63, 3.8) is 0 Å². The summed E-state index contributed by atoms with van der Waals surface area (Å²) in [4.78, 5) is -0.139. The Kier molecular flexibility index (Phi) is 6.38. The molecule has 0 saturated heterocycles. The molecular weight excluding hydrogens is 385 g/mol. The first-order valence-corrected chi connectivity index (χ1v) is 8.55. The maximum Gasteiger partial charge on any atom is 0.441 e. The summed E-state index contributed by atoms with van der Waals surface area (Å²) in [5.41, 5.74) is -4.37. The van der Waals surface area contributed by atoms with Gasteiger partial charge in [0.2, 0.25) is 10.0 Å². The Morgan fingerprint density at radius 3 is 2.65 bits per heavy atom. The second-order valence-corrected chi connectivity index (χ2v) is 7.19. The van der Waals surface area contributed by atoms with Crippen LogP contribution in [0.2, 0.25) is 0 Å². The van der Waals surface area contributed by atoms with Crippen LogP contribution < -0.4 is 10.0 Å². The Morgan fingerprint density at radius 2 is 2.10 bits per heavy atom. The number of thioether (sulfide) groups is 1. The van der Waals surface area contributed by atoms with E-state index >= 15 is 0 Å². The van der Waals surface area contributed by atoms with Crippen LogP contribution in [0.25, 0.3) is 0 Å². The molecule has 0 bridgehead atoms. The molecule has 1 rings (SSSR count). The molecule has 2 N–H and O–H groups in total. The van der Waals surface area contributed by atoms with Crippen molar-refractivity contribution in [3.8, 4) is 0 Å². The zero-order chi connectivity index (χ0) is 15.4. The Balaban J connectivity index is 2.64. The van der Waals surface area contributed by atoms with Crippen LogP contribution in [0.15, 0.2) is 20.0 Å². The molecule has 116 valence electrons. The average Bonchev–Trinajstić information content (AvgIpc) is 2.66. The van der Waals surface area contributed by atoms with Crippen molar-refractivity contribution in [1.29, 1.82) is 0 Å². The number of halogens is 4. The molecule has 0 fully saturated rings. The van der Waals surface area contributed by atoms with Gasteiger partial charge in [0.1, 0.15) is 10.7 Å². The van der Waals surface area contributed by atoms with E-state index < -0.39 is 21.3 Å². The molecule has 0 amide bonds. The number of alkyl halides is 3. The number of hydrogen-bond acceptors (Lipinski definition) is 5. The molecule has 0 aliphatic heterocycles. The molecule has 5 nitrogen and oxygen atoms in total. The van der Waals surface area contributed by atoms with Gasteiger partial charge in [0.05, 0.1) is 6.54 Å². The van der Waals surface area contributed by atoms with Crippen molar-refractivity contribution < 1.29 is 26.0 Å². The summed E-state index contributed by atoms with van der Waals surface area (Å²) in [5.74, 6) is -0.00824. The normalized spacial score (nSPS) is 12.8. The average molecular weight is 397 g/mol. The van der Waals surface area contributed by atoms with E-state index in [1.165, 1.54) is 6.07 Å². The Morgan fingerprint density at radius 1 is 1.45 bits per heavy atom. The maximum absolute atomic E-state index is 11.9. The highest BCUT2D eigenvalue weighted by atomic mass is 79.9. The standard InChI is InChI=1S/C9H12BrF3N2O3S2/c1-14-5-6-4-7(8(10)18-6)20(16,17)15-2-3-19-9(11,12)13/h4,14-15H,2-3,5H2,1H3. The second kappa shape index (κ2) is 7.16. The van der Waals surface area contributed by atoms with Crippen LogP contribution in [0.5, 0.6) is 0 Å².